The topological polar surface area (TPSA) is 47.2 Å². The fourth-order valence-electron chi connectivity index (χ4n) is 3.98. The van der Waals surface area contributed by atoms with E-state index >= 15 is 0 Å². The molecule has 4 nitrogen and oxygen atoms in total. The van der Waals surface area contributed by atoms with Crippen LogP contribution in [-0.2, 0) is 0 Å². The third kappa shape index (κ3) is 2.06. The van der Waals surface area contributed by atoms with Crippen LogP contribution in [-0.4, -0.2) is 15.9 Å². The van der Waals surface area contributed by atoms with Crippen LogP contribution in [0.2, 0.25) is 0 Å². The second-order valence-corrected chi connectivity index (χ2v) is 8.55. The molecule has 2 aromatic heterocycles. The van der Waals surface area contributed by atoms with Crippen LogP contribution in [0.1, 0.15) is 37.1 Å². The van der Waals surface area contributed by atoms with E-state index in [4.69, 9.17) is 0 Å². The third-order valence-corrected chi connectivity index (χ3v) is 7.03. The van der Waals surface area contributed by atoms with Gasteiger partial charge in [0.2, 0.25) is 0 Å². The zero-order valence-electron chi connectivity index (χ0n) is 14.0. The molecule has 5 rings (SSSR count). The Hall–Kier alpha value is -1.75. The summed E-state index contributed by atoms with van der Waals surface area (Å²) >= 11 is 1.57. The number of fused-ring (bicyclic) bond motifs is 2. The second kappa shape index (κ2) is 4.87. The lowest BCUT2D eigenvalue weighted by molar-refractivity contribution is -0.00127. The molecule has 3 aliphatic rings. The first kappa shape index (κ1) is 14.8. The molecule has 0 aliphatic heterocycles. The van der Waals surface area contributed by atoms with E-state index in [0.717, 1.165) is 27.6 Å². The molecule has 0 N–H and O–H groups in total. The quantitative estimate of drug-likeness (QED) is 0.785. The molecule has 2 aromatic rings. The molecule has 1 fully saturated rings. The summed E-state index contributed by atoms with van der Waals surface area (Å²) in [5, 5.41) is 5.13. The van der Waals surface area contributed by atoms with Crippen molar-refractivity contribution in [3.05, 3.63) is 38.8 Å². The Kier molecular flexibility index (Phi) is 3.14. The number of aromatic nitrogens is 2. The van der Waals surface area contributed by atoms with Gasteiger partial charge in [0, 0.05) is 4.88 Å². The monoisotopic (exact) mass is 327 g/mol. The SMILES string of the molecule is Cc1sc2ncn(N=CC3=CCC4CC3C4(C)C)c(=O)c2c1C. The lowest BCUT2D eigenvalue weighted by atomic mass is 9.49. The highest BCUT2D eigenvalue weighted by Crippen LogP contribution is 2.58. The Morgan fingerprint density at radius 3 is 2.91 bits per heavy atom. The summed E-state index contributed by atoms with van der Waals surface area (Å²) in [5.41, 5.74) is 2.58. The van der Waals surface area contributed by atoms with Gasteiger partial charge in [-0.15, -0.1) is 11.3 Å². The molecule has 2 atom stereocenters. The van der Waals surface area contributed by atoms with Gasteiger partial charge < -0.3 is 0 Å². The predicted octanol–water partition coefficient (Wildman–Crippen LogP) is 3.90. The minimum Gasteiger partial charge on any atom is -0.267 e. The van der Waals surface area contributed by atoms with Crippen LogP contribution >= 0.6 is 11.3 Å². The first-order valence-electron chi connectivity index (χ1n) is 8.11. The number of hydrogen-bond acceptors (Lipinski definition) is 4. The van der Waals surface area contributed by atoms with Gasteiger partial charge in [-0.2, -0.15) is 9.78 Å². The number of nitrogens with zero attached hydrogens (tertiary/aromatic N) is 3. The Balaban J connectivity index is 1.71. The Labute approximate surface area is 139 Å². The molecule has 0 aromatic carbocycles. The van der Waals surface area contributed by atoms with E-state index in [9.17, 15) is 4.79 Å². The number of rotatable bonds is 2. The van der Waals surface area contributed by atoms with Gasteiger partial charge in [0.05, 0.1) is 11.6 Å². The summed E-state index contributed by atoms with van der Waals surface area (Å²) in [6.45, 7) is 8.68. The van der Waals surface area contributed by atoms with Crippen LogP contribution in [0.3, 0.4) is 0 Å². The average molecular weight is 327 g/mol. The third-order valence-electron chi connectivity index (χ3n) is 5.92. The number of aryl methyl sites for hydroxylation is 2. The fraction of sp³-hybridized carbons (Fsp3) is 0.500. The summed E-state index contributed by atoms with van der Waals surface area (Å²) < 4.78 is 1.38. The Bertz CT molecular complexity index is 916. The Morgan fingerprint density at radius 2 is 2.22 bits per heavy atom. The molecule has 5 heteroatoms. The maximum absolute atomic E-state index is 12.7. The van der Waals surface area contributed by atoms with Gasteiger partial charge in [-0.25, -0.2) is 4.98 Å². The van der Waals surface area contributed by atoms with Crippen molar-refractivity contribution in [2.75, 3.05) is 0 Å². The number of allylic oxidation sites excluding steroid dienone is 2. The van der Waals surface area contributed by atoms with Crippen molar-refractivity contribution in [2.45, 2.75) is 40.5 Å². The summed E-state index contributed by atoms with van der Waals surface area (Å²) in [5.74, 6) is 1.38. The lowest BCUT2D eigenvalue weighted by Gasteiger charge is -2.55. The van der Waals surface area contributed by atoms with Crippen molar-refractivity contribution < 1.29 is 0 Å². The standard InChI is InChI=1S/C18H21N3OS/c1-10-11(2)23-16-15(10)17(22)21(9-19-16)20-8-12-5-6-13-7-14(12)18(13,3)4/h5,8-9,13-14H,6-7H2,1-4H3. The van der Waals surface area contributed by atoms with Gasteiger partial charge in [0.25, 0.3) is 5.56 Å². The van der Waals surface area contributed by atoms with Gasteiger partial charge in [-0.1, -0.05) is 19.9 Å². The molecular formula is C18H21N3OS. The van der Waals surface area contributed by atoms with E-state index in [1.54, 1.807) is 11.3 Å². The highest BCUT2D eigenvalue weighted by molar-refractivity contribution is 7.18. The number of hydrogen-bond donors (Lipinski definition) is 0. The molecule has 0 radical (unpaired) electrons. The molecular weight excluding hydrogens is 306 g/mol. The molecule has 120 valence electrons. The van der Waals surface area contributed by atoms with Crippen molar-refractivity contribution in [3.8, 4) is 0 Å². The summed E-state index contributed by atoms with van der Waals surface area (Å²) in [6.07, 6.45) is 8.06. The van der Waals surface area contributed by atoms with Crippen molar-refractivity contribution in [1.29, 1.82) is 0 Å². The van der Waals surface area contributed by atoms with E-state index < -0.39 is 0 Å². The fourth-order valence-corrected chi connectivity index (χ4v) is 4.97. The average Bonchev–Trinajstić information content (AvgIpc) is 2.82. The van der Waals surface area contributed by atoms with Crippen LogP contribution in [0.25, 0.3) is 10.2 Å². The summed E-state index contributed by atoms with van der Waals surface area (Å²) in [6, 6.07) is 0. The minimum atomic E-state index is -0.0738. The van der Waals surface area contributed by atoms with E-state index in [0.29, 0.717) is 16.7 Å². The molecule has 2 heterocycles. The maximum Gasteiger partial charge on any atom is 0.282 e. The highest BCUT2D eigenvalue weighted by Gasteiger charge is 2.50. The zero-order chi connectivity index (χ0) is 16.4. The molecule has 0 spiro atoms. The van der Waals surface area contributed by atoms with Crippen LogP contribution in [0.4, 0.5) is 0 Å². The molecule has 2 unspecified atom stereocenters. The van der Waals surface area contributed by atoms with Crippen molar-refractivity contribution in [3.63, 3.8) is 0 Å². The van der Waals surface area contributed by atoms with Gasteiger partial charge in [-0.3, -0.25) is 4.79 Å². The second-order valence-electron chi connectivity index (χ2n) is 7.35. The van der Waals surface area contributed by atoms with Crippen LogP contribution in [0.5, 0.6) is 0 Å². The van der Waals surface area contributed by atoms with E-state index in [2.05, 4.69) is 30.0 Å². The predicted molar refractivity (Wildman–Crippen MR) is 95.3 cm³/mol. The smallest absolute Gasteiger partial charge is 0.267 e. The summed E-state index contributed by atoms with van der Waals surface area (Å²) in [4.78, 5) is 19.0. The molecule has 0 amide bonds. The van der Waals surface area contributed by atoms with Crippen molar-refractivity contribution in [1.82, 2.24) is 9.66 Å². The first-order valence-corrected chi connectivity index (χ1v) is 8.93. The Morgan fingerprint density at radius 1 is 1.43 bits per heavy atom. The zero-order valence-corrected chi connectivity index (χ0v) is 14.8. The van der Waals surface area contributed by atoms with E-state index in [1.807, 2.05) is 20.1 Å². The van der Waals surface area contributed by atoms with Gasteiger partial charge >= 0.3 is 0 Å². The van der Waals surface area contributed by atoms with Crippen molar-refractivity contribution >= 4 is 27.8 Å². The molecule has 0 saturated heterocycles. The highest BCUT2D eigenvalue weighted by atomic mass is 32.1. The van der Waals surface area contributed by atoms with Gasteiger partial charge in [-0.05, 0) is 55.1 Å². The van der Waals surface area contributed by atoms with Crippen molar-refractivity contribution in [2.24, 2.45) is 22.4 Å². The minimum absolute atomic E-state index is 0.0738. The maximum atomic E-state index is 12.7. The molecule has 2 bridgehead atoms. The van der Waals surface area contributed by atoms with E-state index in [-0.39, 0.29) is 5.56 Å². The molecule has 1 saturated carbocycles. The first-order chi connectivity index (χ1) is 10.9. The molecule has 23 heavy (non-hydrogen) atoms. The van der Waals surface area contributed by atoms with Crippen LogP contribution < -0.4 is 5.56 Å². The van der Waals surface area contributed by atoms with Gasteiger partial charge in [0.1, 0.15) is 11.2 Å². The number of thiophene rings is 1. The van der Waals surface area contributed by atoms with E-state index in [1.165, 1.54) is 23.0 Å². The summed E-state index contributed by atoms with van der Waals surface area (Å²) in [7, 11) is 0. The van der Waals surface area contributed by atoms with Crippen LogP contribution in [0.15, 0.2) is 27.9 Å². The largest absolute Gasteiger partial charge is 0.282 e. The lowest BCUT2D eigenvalue weighted by Crippen LogP contribution is -2.48. The normalized spacial score (nSPS) is 25.7. The molecule has 3 aliphatic carbocycles. The van der Waals surface area contributed by atoms with Gasteiger partial charge in [0.15, 0.2) is 0 Å². The van der Waals surface area contributed by atoms with Crippen LogP contribution in [0, 0.1) is 31.1 Å².